The van der Waals surface area contributed by atoms with E-state index in [0.29, 0.717) is 4.90 Å². The van der Waals surface area contributed by atoms with Gasteiger partial charge in [0.25, 0.3) is 0 Å². The maximum absolute atomic E-state index is 12.0. The molecular weight excluding hydrogens is 222 g/mol. The van der Waals surface area contributed by atoms with Gasteiger partial charge in [0.15, 0.2) is 0 Å². The normalized spacial score (nSPS) is 17.0. The highest BCUT2D eigenvalue weighted by molar-refractivity contribution is 7.95. The number of rotatable bonds is 3. The van der Waals surface area contributed by atoms with Crippen molar-refractivity contribution in [1.29, 1.82) is 0 Å². The minimum atomic E-state index is -3.21. The molecule has 86 valence electrons. The lowest BCUT2D eigenvalue weighted by Gasteiger charge is -2.05. The summed E-state index contributed by atoms with van der Waals surface area (Å²) in [6, 6.07) is 5.63. The molecule has 1 heterocycles. The van der Waals surface area contributed by atoms with Gasteiger partial charge in [-0.2, -0.15) is 0 Å². The van der Waals surface area contributed by atoms with E-state index in [4.69, 9.17) is 0 Å². The van der Waals surface area contributed by atoms with Crippen molar-refractivity contribution < 1.29 is 8.42 Å². The van der Waals surface area contributed by atoms with Crippen molar-refractivity contribution in [2.24, 2.45) is 0 Å². The van der Waals surface area contributed by atoms with E-state index in [2.05, 4.69) is 5.32 Å². The molecule has 16 heavy (non-hydrogen) atoms. The quantitative estimate of drug-likeness (QED) is 0.871. The first kappa shape index (κ1) is 11.4. The third-order valence-corrected chi connectivity index (χ3v) is 4.49. The second-order valence-electron chi connectivity index (χ2n) is 3.99. The lowest BCUT2D eigenvalue weighted by molar-refractivity contribution is 0.605. The zero-order valence-corrected chi connectivity index (χ0v) is 10.3. The molecule has 2 rings (SSSR count). The molecule has 1 aliphatic rings. The Morgan fingerprint density at radius 2 is 2.06 bits per heavy atom. The van der Waals surface area contributed by atoms with Gasteiger partial charge in [0.2, 0.25) is 9.84 Å². The summed E-state index contributed by atoms with van der Waals surface area (Å²) in [7, 11) is -1.34. The number of sulfone groups is 1. The molecule has 0 aliphatic carbocycles. The second kappa shape index (κ2) is 4.03. The van der Waals surface area contributed by atoms with E-state index in [1.165, 1.54) is 5.41 Å². The van der Waals surface area contributed by atoms with Crippen LogP contribution in [0.15, 0.2) is 28.5 Å². The summed E-state index contributed by atoms with van der Waals surface area (Å²) in [5.74, 6) is 0. The van der Waals surface area contributed by atoms with Gasteiger partial charge in [-0.05, 0) is 43.6 Å². The largest absolute Gasteiger partial charge is 0.319 e. The Bertz CT molecular complexity index is 544. The number of fused-ring (bicyclic) bond motifs is 1. The van der Waals surface area contributed by atoms with Crippen LogP contribution >= 0.6 is 0 Å². The minimum absolute atomic E-state index is 0.487. The van der Waals surface area contributed by atoms with Crippen molar-refractivity contribution in [2.75, 3.05) is 13.6 Å². The number of aryl methyl sites for hydroxylation is 1. The zero-order chi connectivity index (χ0) is 11.8. The molecule has 1 aromatic rings. The Balaban J connectivity index is 2.52. The van der Waals surface area contributed by atoms with Crippen molar-refractivity contribution in [3.63, 3.8) is 0 Å². The molecular formula is C12H15NO2S. The first-order valence-electron chi connectivity index (χ1n) is 5.26. The molecule has 0 saturated carbocycles. The fraction of sp³-hybridized carbons (Fsp3) is 0.333. The van der Waals surface area contributed by atoms with E-state index < -0.39 is 9.84 Å². The first-order valence-corrected chi connectivity index (χ1v) is 6.81. The van der Waals surface area contributed by atoms with E-state index in [0.717, 1.165) is 29.7 Å². The SMILES string of the molecule is CNCCC1=CS(=O)(=O)c2c(C)cccc21. The summed E-state index contributed by atoms with van der Waals surface area (Å²) in [4.78, 5) is 0.487. The van der Waals surface area contributed by atoms with Gasteiger partial charge in [-0.1, -0.05) is 18.2 Å². The minimum Gasteiger partial charge on any atom is -0.319 e. The molecule has 0 aromatic heterocycles. The standard InChI is InChI=1S/C12H15NO2S/c1-9-4-3-5-11-10(6-7-13-2)8-16(14,15)12(9)11/h3-5,8,13H,6-7H2,1-2H3. The predicted molar refractivity (Wildman–Crippen MR) is 64.9 cm³/mol. The highest BCUT2D eigenvalue weighted by Crippen LogP contribution is 2.36. The molecule has 0 saturated heterocycles. The second-order valence-corrected chi connectivity index (χ2v) is 5.73. The lowest BCUT2D eigenvalue weighted by Crippen LogP contribution is -2.07. The van der Waals surface area contributed by atoms with E-state index in [1.54, 1.807) is 0 Å². The van der Waals surface area contributed by atoms with Crippen LogP contribution in [0.4, 0.5) is 0 Å². The number of hydrogen-bond acceptors (Lipinski definition) is 3. The van der Waals surface area contributed by atoms with Gasteiger partial charge in [0, 0.05) is 5.41 Å². The van der Waals surface area contributed by atoms with Crippen LogP contribution in [0.3, 0.4) is 0 Å². The Kier molecular flexibility index (Phi) is 2.86. The maximum Gasteiger partial charge on any atom is 0.200 e. The van der Waals surface area contributed by atoms with Crippen LogP contribution in [0.5, 0.6) is 0 Å². The molecule has 4 heteroatoms. The molecule has 1 aliphatic heterocycles. The Morgan fingerprint density at radius 3 is 2.75 bits per heavy atom. The first-order chi connectivity index (χ1) is 7.56. The van der Waals surface area contributed by atoms with Gasteiger partial charge >= 0.3 is 0 Å². The van der Waals surface area contributed by atoms with Gasteiger partial charge in [-0.15, -0.1) is 0 Å². The molecule has 1 aromatic carbocycles. The highest BCUT2D eigenvalue weighted by atomic mass is 32.2. The van der Waals surface area contributed by atoms with Gasteiger partial charge in [-0.25, -0.2) is 8.42 Å². The summed E-state index contributed by atoms with van der Waals surface area (Å²) >= 11 is 0. The zero-order valence-electron chi connectivity index (χ0n) is 9.45. The van der Waals surface area contributed by atoms with Gasteiger partial charge < -0.3 is 5.32 Å². The average Bonchev–Trinajstić information content (AvgIpc) is 2.49. The van der Waals surface area contributed by atoms with Gasteiger partial charge in [0.1, 0.15) is 0 Å². The molecule has 0 amide bonds. The molecule has 0 atom stereocenters. The van der Waals surface area contributed by atoms with Crippen LogP contribution < -0.4 is 5.32 Å². The van der Waals surface area contributed by atoms with Crippen molar-refractivity contribution in [2.45, 2.75) is 18.2 Å². The fourth-order valence-electron chi connectivity index (χ4n) is 2.05. The Labute approximate surface area is 96.1 Å². The van der Waals surface area contributed by atoms with E-state index in [1.807, 2.05) is 32.2 Å². The van der Waals surface area contributed by atoms with E-state index in [-0.39, 0.29) is 0 Å². The molecule has 1 N–H and O–H groups in total. The molecule has 0 fully saturated rings. The van der Waals surface area contributed by atoms with Crippen LogP contribution in [0.25, 0.3) is 5.57 Å². The van der Waals surface area contributed by atoms with Crippen molar-refractivity contribution in [3.05, 3.63) is 34.7 Å². The lowest BCUT2D eigenvalue weighted by atomic mass is 10.0. The van der Waals surface area contributed by atoms with E-state index in [9.17, 15) is 8.42 Å². The van der Waals surface area contributed by atoms with Crippen molar-refractivity contribution >= 4 is 15.4 Å². The monoisotopic (exact) mass is 237 g/mol. The molecule has 0 radical (unpaired) electrons. The third-order valence-electron chi connectivity index (χ3n) is 2.78. The summed E-state index contributed by atoms with van der Waals surface area (Å²) in [6.07, 6.45) is 0.742. The smallest absolute Gasteiger partial charge is 0.200 e. The van der Waals surface area contributed by atoms with Gasteiger partial charge in [0.05, 0.1) is 4.90 Å². The molecule has 0 spiro atoms. The fourth-order valence-corrected chi connectivity index (χ4v) is 3.81. The Morgan fingerprint density at radius 1 is 1.31 bits per heavy atom. The summed E-state index contributed by atoms with van der Waals surface area (Å²) in [5, 5.41) is 4.44. The number of hydrogen-bond donors (Lipinski definition) is 1. The topological polar surface area (TPSA) is 46.2 Å². The maximum atomic E-state index is 12.0. The molecule has 3 nitrogen and oxygen atoms in total. The van der Waals surface area contributed by atoms with Crippen LogP contribution in [0.2, 0.25) is 0 Å². The van der Waals surface area contributed by atoms with Crippen LogP contribution in [-0.2, 0) is 9.84 Å². The summed E-state index contributed by atoms with van der Waals surface area (Å²) < 4.78 is 23.9. The Hall–Kier alpha value is -1.13. The predicted octanol–water partition coefficient (Wildman–Crippen LogP) is 1.73. The van der Waals surface area contributed by atoms with Crippen LogP contribution in [0, 0.1) is 6.92 Å². The van der Waals surface area contributed by atoms with Gasteiger partial charge in [-0.3, -0.25) is 0 Å². The third kappa shape index (κ3) is 1.79. The van der Waals surface area contributed by atoms with E-state index >= 15 is 0 Å². The molecule has 0 unspecified atom stereocenters. The van der Waals surface area contributed by atoms with Crippen LogP contribution in [0.1, 0.15) is 17.5 Å². The average molecular weight is 237 g/mol. The highest BCUT2D eigenvalue weighted by Gasteiger charge is 2.27. The number of nitrogens with one attached hydrogen (secondary N) is 1. The number of benzene rings is 1. The van der Waals surface area contributed by atoms with Crippen molar-refractivity contribution in [1.82, 2.24) is 5.32 Å². The molecule has 0 bridgehead atoms. The summed E-state index contributed by atoms with van der Waals surface area (Å²) in [5.41, 5.74) is 2.61. The van der Waals surface area contributed by atoms with Crippen molar-refractivity contribution in [3.8, 4) is 0 Å². The van der Waals surface area contributed by atoms with Crippen LogP contribution in [-0.4, -0.2) is 22.0 Å². The summed E-state index contributed by atoms with van der Waals surface area (Å²) in [6.45, 7) is 2.62.